The van der Waals surface area contributed by atoms with E-state index < -0.39 is 5.97 Å². The Morgan fingerprint density at radius 2 is 2.06 bits per heavy atom. The molecular weight excluding hydrogens is 204 g/mol. The summed E-state index contributed by atoms with van der Waals surface area (Å²) in [5.74, 6) is 2.41. The monoisotopic (exact) mass is 224 g/mol. The lowest BCUT2D eigenvalue weighted by molar-refractivity contribution is -0.136. The summed E-state index contributed by atoms with van der Waals surface area (Å²) in [7, 11) is 0. The van der Waals surface area contributed by atoms with Gasteiger partial charge in [0, 0.05) is 6.42 Å². The highest BCUT2D eigenvalue weighted by molar-refractivity contribution is 5.66. The number of hydrogen-bond donors (Lipinski definition) is 2. The molecule has 0 aromatic heterocycles. The van der Waals surface area contributed by atoms with Gasteiger partial charge in [-0.05, 0) is 42.9 Å². The molecule has 0 saturated heterocycles. The first-order chi connectivity index (χ1) is 7.63. The SMILES string of the molecule is CCC(=O)O.OC1CC2CC1C1C=CCC21. The minimum Gasteiger partial charge on any atom is -0.481 e. The van der Waals surface area contributed by atoms with Crippen molar-refractivity contribution in [2.75, 3.05) is 0 Å². The first-order valence-electron chi connectivity index (χ1n) is 6.20. The Morgan fingerprint density at radius 1 is 1.38 bits per heavy atom. The molecule has 90 valence electrons. The minimum atomic E-state index is -0.745. The van der Waals surface area contributed by atoms with E-state index in [0.29, 0.717) is 5.92 Å². The van der Waals surface area contributed by atoms with Crippen LogP contribution in [0.3, 0.4) is 0 Å². The molecule has 3 aliphatic rings. The van der Waals surface area contributed by atoms with Crippen molar-refractivity contribution in [3.05, 3.63) is 12.2 Å². The van der Waals surface area contributed by atoms with E-state index in [-0.39, 0.29) is 12.5 Å². The van der Waals surface area contributed by atoms with E-state index in [1.165, 1.54) is 12.8 Å². The quantitative estimate of drug-likeness (QED) is 0.670. The van der Waals surface area contributed by atoms with Gasteiger partial charge in [-0.25, -0.2) is 0 Å². The number of aliphatic carboxylic acids is 1. The summed E-state index contributed by atoms with van der Waals surface area (Å²) in [6.07, 6.45) is 8.60. The molecule has 3 aliphatic carbocycles. The van der Waals surface area contributed by atoms with Crippen molar-refractivity contribution in [1.82, 2.24) is 0 Å². The first-order valence-corrected chi connectivity index (χ1v) is 6.20. The number of carbonyl (C=O) groups is 1. The van der Waals surface area contributed by atoms with Crippen molar-refractivity contribution >= 4 is 5.97 Å². The lowest BCUT2D eigenvalue weighted by atomic mass is 9.80. The maximum atomic E-state index is 9.63. The zero-order valence-electron chi connectivity index (χ0n) is 9.67. The van der Waals surface area contributed by atoms with Crippen molar-refractivity contribution in [3.8, 4) is 0 Å². The minimum absolute atomic E-state index is 0.0315. The average Bonchev–Trinajstić information content (AvgIpc) is 2.88. The summed E-state index contributed by atoms with van der Waals surface area (Å²) in [5, 5.41) is 17.4. The van der Waals surface area contributed by atoms with Gasteiger partial charge in [0.25, 0.3) is 0 Å². The van der Waals surface area contributed by atoms with E-state index in [0.717, 1.165) is 24.2 Å². The number of rotatable bonds is 1. The van der Waals surface area contributed by atoms with Crippen molar-refractivity contribution in [2.45, 2.75) is 38.7 Å². The molecule has 2 fully saturated rings. The van der Waals surface area contributed by atoms with E-state index in [1.807, 2.05) is 0 Å². The molecule has 0 heterocycles. The molecule has 3 heteroatoms. The molecule has 5 atom stereocenters. The average molecular weight is 224 g/mol. The fourth-order valence-electron chi connectivity index (χ4n) is 3.51. The smallest absolute Gasteiger partial charge is 0.303 e. The fraction of sp³-hybridized carbons (Fsp3) is 0.769. The summed E-state index contributed by atoms with van der Waals surface area (Å²) in [4.78, 5) is 9.37. The molecule has 0 aliphatic heterocycles. The predicted molar refractivity (Wildman–Crippen MR) is 60.9 cm³/mol. The molecule has 2 bridgehead atoms. The summed E-state index contributed by atoms with van der Waals surface area (Å²) in [5.41, 5.74) is 0. The second-order valence-corrected chi connectivity index (χ2v) is 5.12. The summed E-state index contributed by atoms with van der Waals surface area (Å²) in [6.45, 7) is 1.60. The van der Waals surface area contributed by atoms with Gasteiger partial charge in [0.15, 0.2) is 0 Å². The molecule has 2 N–H and O–H groups in total. The number of hydrogen-bond acceptors (Lipinski definition) is 2. The van der Waals surface area contributed by atoms with Crippen molar-refractivity contribution in [2.24, 2.45) is 23.7 Å². The summed E-state index contributed by atoms with van der Waals surface area (Å²) < 4.78 is 0. The molecule has 2 saturated carbocycles. The van der Waals surface area contributed by atoms with Gasteiger partial charge in [-0.2, -0.15) is 0 Å². The third kappa shape index (κ3) is 2.01. The van der Waals surface area contributed by atoms with Gasteiger partial charge in [-0.1, -0.05) is 19.1 Å². The zero-order chi connectivity index (χ0) is 11.7. The van der Waals surface area contributed by atoms with Crippen molar-refractivity contribution < 1.29 is 15.0 Å². The molecular formula is C13H20O3. The zero-order valence-corrected chi connectivity index (χ0v) is 9.67. The van der Waals surface area contributed by atoms with Crippen LogP contribution in [-0.2, 0) is 4.79 Å². The van der Waals surface area contributed by atoms with Crippen LogP contribution in [0.2, 0.25) is 0 Å². The lowest BCUT2D eigenvalue weighted by Gasteiger charge is -2.27. The van der Waals surface area contributed by atoms with E-state index >= 15 is 0 Å². The van der Waals surface area contributed by atoms with Gasteiger partial charge < -0.3 is 10.2 Å². The Morgan fingerprint density at radius 3 is 2.69 bits per heavy atom. The van der Waals surface area contributed by atoms with Crippen LogP contribution in [-0.4, -0.2) is 22.3 Å². The number of aliphatic hydroxyl groups is 1. The van der Waals surface area contributed by atoms with Gasteiger partial charge in [-0.15, -0.1) is 0 Å². The van der Waals surface area contributed by atoms with E-state index in [4.69, 9.17) is 5.11 Å². The van der Waals surface area contributed by atoms with Gasteiger partial charge in [0.1, 0.15) is 0 Å². The maximum absolute atomic E-state index is 9.63. The fourth-order valence-corrected chi connectivity index (χ4v) is 3.51. The first kappa shape index (κ1) is 11.6. The molecule has 0 radical (unpaired) electrons. The van der Waals surface area contributed by atoms with Crippen LogP contribution in [0.15, 0.2) is 12.2 Å². The Balaban J connectivity index is 0.000000168. The number of carboxylic acids is 1. The van der Waals surface area contributed by atoms with Crippen molar-refractivity contribution in [3.63, 3.8) is 0 Å². The molecule has 0 aromatic rings. The van der Waals surface area contributed by atoms with E-state index in [1.54, 1.807) is 6.92 Å². The number of aliphatic hydroxyl groups excluding tert-OH is 1. The summed E-state index contributed by atoms with van der Waals surface area (Å²) in [6, 6.07) is 0. The topological polar surface area (TPSA) is 57.5 Å². The molecule has 3 rings (SSSR count). The van der Waals surface area contributed by atoms with E-state index in [9.17, 15) is 9.90 Å². The Bertz CT molecular complexity index is 298. The Hall–Kier alpha value is -0.830. The van der Waals surface area contributed by atoms with Gasteiger partial charge in [0.2, 0.25) is 0 Å². The van der Waals surface area contributed by atoms with Gasteiger partial charge in [0.05, 0.1) is 6.10 Å². The van der Waals surface area contributed by atoms with Gasteiger partial charge in [-0.3, -0.25) is 4.79 Å². The highest BCUT2D eigenvalue weighted by atomic mass is 16.4. The lowest BCUT2D eigenvalue weighted by Crippen LogP contribution is -2.27. The van der Waals surface area contributed by atoms with Crippen LogP contribution in [0.1, 0.15) is 32.6 Å². The molecule has 0 spiro atoms. The standard InChI is InChI=1S/C10H14O.C3H6O2/c11-10-5-6-4-9(10)8-3-1-2-7(6)8;1-2-3(4)5/h1,3,6-11H,2,4-5H2;2H2,1H3,(H,4,5). The summed E-state index contributed by atoms with van der Waals surface area (Å²) >= 11 is 0. The Kier molecular flexibility index (Phi) is 3.33. The second-order valence-electron chi connectivity index (χ2n) is 5.12. The van der Waals surface area contributed by atoms with Crippen LogP contribution in [0, 0.1) is 23.7 Å². The van der Waals surface area contributed by atoms with Crippen LogP contribution < -0.4 is 0 Å². The van der Waals surface area contributed by atoms with Crippen LogP contribution in [0.25, 0.3) is 0 Å². The van der Waals surface area contributed by atoms with Gasteiger partial charge >= 0.3 is 5.97 Å². The normalized spacial score (nSPS) is 42.8. The highest BCUT2D eigenvalue weighted by Gasteiger charge is 2.51. The highest BCUT2D eigenvalue weighted by Crippen LogP contribution is 2.56. The van der Waals surface area contributed by atoms with Crippen LogP contribution in [0.4, 0.5) is 0 Å². The third-order valence-electron chi connectivity index (χ3n) is 4.28. The second kappa shape index (κ2) is 4.58. The maximum Gasteiger partial charge on any atom is 0.303 e. The number of allylic oxidation sites excluding steroid dienone is 2. The van der Waals surface area contributed by atoms with Crippen LogP contribution in [0.5, 0.6) is 0 Å². The molecule has 0 aromatic carbocycles. The van der Waals surface area contributed by atoms with Crippen LogP contribution >= 0.6 is 0 Å². The largest absolute Gasteiger partial charge is 0.481 e. The molecule has 3 nitrogen and oxygen atoms in total. The Labute approximate surface area is 96.2 Å². The predicted octanol–water partition coefficient (Wildman–Crippen LogP) is 2.06. The number of carboxylic acid groups (broad SMARTS) is 1. The number of fused-ring (bicyclic) bond motifs is 5. The molecule has 0 amide bonds. The van der Waals surface area contributed by atoms with E-state index in [2.05, 4.69) is 12.2 Å². The molecule has 5 unspecified atom stereocenters. The van der Waals surface area contributed by atoms with Crippen molar-refractivity contribution in [1.29, 1.82) is 0 Å². The third-order valence-corrected chi connectivity index (χ3v) is 4.28. The molecule has 16 heavy (non-hydrogen) atoms.